The smallest absolute Gasteiger partial charge is 0.344 e. The molecule has 3 aromatic rings. The Kier molecular flexibility index (Phi) is 18.5. The van der Waals surface area contributed by atoms with Gasteiger partial charge in [0.25, 0.3) is 0 Å². The van der Waals surface area contributed by atoms with Crippen molar-refractivity contribution in [2.75, 3.05) is 19.8 Å². The third-order valence-corrected chi connectivity index (χ3v) is 17.7. The number of hydrogen-bond donors (Lipinski definition) is 0. The van der Waals surface area contributed by atoms with Gasteiger partial charge in [-0.05, 0) is 187 Å². The molecule has 1 atom stereocenters. The molecule has 8 rings (SSSR count). The highest BCUT2D eigenvalue weighted by atomic mass is 16.6. The van der Waals surface area contributed by atoms with Gasteiger partial charge in [0.2, 0.25) is 0 Å². The minimum Gasteiger partial charge on any atom is -0.482 e. The zero-order valence-electron chi connectivity index (χ0n) is 44.0. The molecule has 0 amide bonds. The monoisotopic (exact) mass is 975 g/mol. The lowest BCUT2D eigenvalue weighted by molar-refractivity contribution is -0.167. The average molecular weight is 975 g/mol. The average Bonchev–Trinajstić information content (AvgIpc) is 3.41. The van der Waals surface area contributed by atoms with Gasteiger partial charge in [-0.3, -0.25) is 0 Å². The van der Waals surface area contributed by atoms with E-state index in [9.17, 15) is 14.4 Å². The molecule has 71 heavy (non-hydrogen) atoms. The van der Waals surface area contributed by atoms with Crippen LogP contribution in [0.5, 0.6) is 17.2 Å². The van der Waals surface area contributed by atoms with Gasteiger partial charge in [-0.2, -0.15) is 0 Å². The molecule has 1 unspecified atom stereocenters. The summed E-state index contributed by atoms with van der Waals surface area (Å²) in [6.45, 7) is 8.06. The van der Waals surface area contributed by atoms with Gasteiger partial charge in [-0.25, -0.2) is 14.4 Å². The van der Waals surface area contributed by atoms with Gasteiger partial charge in [0, 0.05) is 11.5 Å². The van der Waals surface area contributed by atoms with Gasteiger partial charge in [0.1, 0.15) is 34.1 Å². The molecule has 0 saturated heterocycles. The Morgan fingerprint density at radius 1 is 0.465 bits per heavy atom. The van der Waals surface area contributed by atoms with E-state index in [1.807, 2.05) is 12.1 Å². The Hall–Kier alpha value is -4.53. The lowest BCUT2D eigenvalue weighted by Gasteiger charge is -2.36. The van der Waals surface area contributed by atoms with E-state index in [1.165, 1.54) is 32.1 Å². The summed E-state index contributed by atoms with van der Waals surface area (Å²) in [6.07, 6.45) is 29.0. The summed E-state index contributed by atoms with van der Waals surface area (Å²) >= 11 is 0. The predicted octanol–water partition coefficient (Wildman–Crippen LogP) is 15.4. The normalized spacial score (nSPS) is 20.8. The molecule has 5 aliphatic rings. The Morgan fingerprint density at radius 3 is 1.34 bits per heavy atom. The van der Waals surface area contributed by atoms with E-state index in [4.69, 9.17) is 28.4 Å². The Bertz CT molecular complexity index is 2210. The number of benzene rings is 3. The summed E-state index contributed by atoms with van der Waals surface area (Å²) in [5, 5.41) is 0. The second-order valence-corrected chi connectivity index (χ2v) is 22.3. The lowest BCUT2D eigenvalue weighted by Crippen LogP contribution is -2.38. The first-order valence-electron chi connectivity index (χ1n) is 28.5. The van der Waals surface area contributed by atoms with Crippen molar-refractivity contribution in [2.45, 2.75) is 242 Å². The molecule has 0 aromatic heterocycles. The zero-order valence-corrected chi connectivity index (χ0v) is 44.0. The summed E-state index contributed by atoms with van der Waals surface area (Å²) in [7, 11) is 0. The van der Waals surface area contributed by atoms with Crippen molar-refractivity contribution in [2.24, 2.45) is 0 Å². The van der Waals surface area contributed by atoms with Crippen molar-refractivity contribution in [3.05, 3.63) is 88.0 Å². The van der Waals surface area contributed by atoms with Crippen LogP contribution in [0.1, 0.15) is 252 Å². The molecule has 5 saturated carbocycles. The molecule has 3 aromatic carbocycles. The zero-order chi connectivity index (χ0) is 49.7. The second-order valence-electron chi connectivity index (χ2n) is 22.3. The van der Waals surface area contributed by atoms with E-state index in [2.05, 4.69) is 70.2 Å². The maximum atomic E-state index is 13.7. The van der Waals surface area contributed by atoms with Crippen LogP contribution in [0, 0.1) is 6.92 Å². The van der Waals surface area contributed by atoms with E-state index in [-0.39, 0.29) is 55.5 Å². The quantitative estimate of drug-likeness (QED) is 0.0621. The van der Waals surface area contributed by atoms with E-state index < -0.39 is 16.8 Å². The topological polar surface area (TPSA) is 107 Å². The van der Waals surface area contributed by atoms with Gasteiger partial charge in [0.15, 0.2) is 19.8 Å². The van der Waals surface area contributed by atoms with Crippen molar-refractivity contribution in [3.8, 4) is 17.2 Å². The summed E-state index contributed by atoms with van der Waals surface area (Å²) in [5.74, 6) is 1.42. The van der Waals surface area contributed by atoms with Crippen LogP contribution >= 0.6 is 0 Å². The fraction of sp³-hybridized carbons (Fsp3) is 0.661. The predicted molar refractivity (Wildman–Crippen MR) is 280 cm³/mol. The van der Waals surface area contributed by atoms with Crippen LogP contribution in [0.2, 0.25) is 0 Å². The summed E-state index contributed by atoms with van der Waals surface area (Å²) in [5.41, 5.74) is 5.18. The number of carbonyl (C=O) groups is 3. The minimum atomic E-state index is -0.426. The van der Waals surface area contributed by atoms with Crippen LogP contribution in [0.3, 0.4) is 0 Å². The molecule has 0 aliphatic heterocycles. The molecule has 9 heteroatoms. The summed E-state index contributed by atoms with van der Waals surface area (Å²) in [4.78, 5) is 40.9. The Balaban J connectivity index is 1.16. The first-order chi connectivity index (χ1) is 34.6. The van der Waals surface area contributed by atoms with Crippen molar-refractivity contribution in [1.29, 1.82) is 0 Å². The van der Waals surface area contributed by atoms with E-state index in [0.717, 1.165) is 193 Å². The molecule has 9 nitrogen and oxygen atoms in total. The minimum absolute atomic E-state index is 0.130. The highest BCUT2D eigenvalue weighted by Gasteiger charge is 2.38. The van der Waals surface area contributed by atoms with Crippen LogP contribution in [-0.4, -0.2) is 54.5 Å². The van der Waals surface area contributed by atoms with Crippen molar-refractivity contribution < 1.29 is 42.8 Å². The van der Waals surface area contributed by atoms with E-state index in [0.29, 0.717) is 5.75 Å². The van der Waals surface area contributed by atoms with Crippen LogP contribution in [0.25, 0.3) is 0 Å². The van der Waals surface area contributed by atoms with Crippen molar-refractivity contribution in [3.63, 3.8) is 0 Å². The third-order valence-electron chi connectivity index (χ3n) is 17.7. The highest BCUT2D eigenvalue weighted by molar-refractivity contribution is 5.73. The Morgan fingerprint density at radius 2 is 0.873 bits per heavy atom. The maximum absolute atomic E-state index is 13.7. The van der Waals surface area contributed by atoms with Crippen molar-refractivity contribution in [1.82, 2.24) is 0 Å². The highest BCUT2D eigenvalue weighted by Crippen LogP contribution is 2.47. The summed E-state index contributed by atoms with van der Waals surface area (Å²) < 4.78 is 38.5. The van der Waals surface area contributed by atoms with Crippen LogP contribution < -0.4 is 14.2 Å². The lowest BCUT2D eigenvalue weighted by atomic mass is 9.76. The largest absolute Gasteiger partial charge is 0.482 e. The van der Waals surface area contributed by atoms with Crippen LogP contribution in [0.15, 0.2) is 54.6 Å². The fourth-order valence-corrected chi connectivity index (χ4v) is 13.3. The number of aryl methyl sites for hydroxylation is 1. The maximum Gasteiger partial charge on any atom is 0.344 e. The van der Waals surface area contributed by atoms with E-state index in [1.54, 1.807) is 0 Å². The first-order valence-corrected chi connectivity index (χ1v) is 28.5. The molecule has 5 aliphatic carbocycles. The molecule has 0 spiro atoms. The fourth-order valence-electron chi connectivity index (χ4n) is 13.3. The van der Waals surface area contributed by atoms with Crippen LogP contribution in [-0.2, 0) is 28.6 Å². The first kappa shape index (κ1) is 52.8. The molecule has 0 bridgehead atoms. The standard InChI is InChI=1S/C62H86O9/c1-5-60(33-19-10-20-34-60)69-56(63)42-66-53-30-18-17-29-49(53)59(48-31-32-54(51(40-48)46-25-13-8-14-26-46)67-43-57(64)70-61(6-2)35-21-11-22-36-61)50-41-52(47-27-15-9-16-28-47)55(39-45(50)4)68-44-58(65)71-62(7-3)37-23-12-24-38-62/h17-18,29-32,39-41,46-47,59H,5-16,19-28,33-38,42-44H2,1-4H3. The van der Waals surface area contributed by atoms with Gasteiger partial charge >= 0.3 is 17.9 Å². The number of esters is 3. The van der Waals surface area contributed by atoms with Gasteiger partial charge < -0.3 is 28.4 Å². The SMILES string of the molecule is CCC1(OC(=O)COc2ccc(C(c3cc(C4CCCCC4)c(OCC(=O)OC4(CC)CCCCC4)cc3C)c3ccccc3OCC(=O)OC3(CC)CCCCC3)cc2C2CCCCC2)CCCCC1. The molecular weight excluding hydrogens is 889 g/mol. The number of ether oxygens (including phenoxy) is 6. The number of para-hydroxylation sites is 1. The second kappa shape index (κ2) is 24.9. The molecule has 0 N–H and O–H groups in total. The van der Waals surface area contributed by atoms with Gasteiger partial charge in [-0.1, -0.05) is 115 Å². The van der Waals surface area contributed by atoms with Gasteiger partial charge in [-0.15, -0.1) is 0 Å². The molecule has 0 heterocycles. The summed E-state index contributed by atoms with van der Waals surface area (Å²) in [6, 6.07) is 19.2. The molecular formula is C62H86O9. The number of rotatable bonds is 20. The van der Waals surface area contributed by atoms with Crippen LogP contribution in [0.4, 0.5) is 0 Å². The third kappa shape index (κ3) is 13.4. The number of hydrogen-bond acceptors (Lipinski definition) is 9. The molecule has 388 valence electrons. The van der Waals surface area contributed by atoms with E-state index >= 15 is 0 Å². The molecule has 0 radical (unpaired) electrons. The van der Waals surface area contributed by atoms with Crippen molar-refractivity contribution >= 4 is 17.9 Å². The molecule has 5 fully saturated rings. The Labute approximate surface area is 426 Å². The van der Waals surface area contributed by atoms with Gasteiger partial charge in [0.05, 0.1) is 0 Å². The number of carbonyl (C=O) groups excluding carboxylic acids is 3.